The van der Waals surface area contributed by atoms with E-state index in [0.717, 1.165) is 13.2 Å². The first kappa shape index (κ1) is 7.43. The monoisotopic (exact) mass is 210 g/mol. The summed E-state index contributed by atoms with van der Waals surface area (Å²) >= 11 is 4.59. The molecule has 1 rings (SSSR count). The fraction of sp³-hybridized carbons (Fsp3) is 0.667. The van der Waals surface area contributed by atoms with Crippen molar-refractivity contribution in [2.75, 3.05) is 13.2 Å². The first-order valence-electron chi connectivity index (χ1n) is 1.80. The molecule has 2 nitrogen and oxygen atoms in total. The van der Waals surface area contributed by atoms with Crippen LogP contribution in [0.3, 0.4) is 0 Å². The number of thiocarbonyl (C=S) groups is 1. The van der Waals surface area contributed by atoms with Gasteiger partial charge in [-0.2, -0.15) is 0 Å². The Morgan fingerprint density at radius 1 is 1.71 bits per heavy atom. The quantitative estimate of drug-likeness (QED) is 0.446. The van der Waals surface area contributed by atoms with Crippen molar-refractivity contribution in [2.24, 2.45) is 0 Å². The predicted molar refractivity (Wildman–Crippen MR) is 26.6 cm³/mol. The smallest absolute Gasteiger partial charge is 0.256 e. The maximum atomic E-state index is 4.77. The Hall–Kier alpha value is 0.430. The molecule has 1 aliphatic rings. The molecule has 1 fully saturated rings. The fourth-order valence-electron chi connectivity index (χ4n) is 0.348. The Morgan fingerprint density at radius 2 is 2.43 bits per heavy atom. The van der Waals surface area contributed by atoms with Gasteiger partial charge < -0.3 is 10.1 Å². The van der Waals surface area contributed by atoms with Crippen LogP contribution in [0.25, 0.3) is 0 Å². The third-order valence-electron chi connectivity index (χ3n) is 0.605. The summed E-state index contributed by atoms with van der Waals surface area (Å²) in [5.41, 5.74) is 0. The number of ether oxygens (including phenoxy) is 1. The van der Waals surface area contributed by atoms with Crippen molar-refractivity contribution in [3.05, 3.63) is 0 Å². The van der Waals surface area contributed by atoms with Gasteiger partial charge >= 0.3 is 0 Å². The second kappa shape index (κ2) is 3.43. The molecule has 1 heterocycles. The number of hydrogen-bond acceptors (Lipinski definition) is 2. The average Bonchev–Trinajstić information content (AvgIpc) is 1.86. The summed E-state index contributed by atoms with van der Waals surface area (Å²) in [6, 6.07) is 0. The van der Waals surface area contributed by atoms with Crippen molar-refractivity contribution in [3.8, 4) is 0 Å². The molecule has 0 aromatic rings. The predicted octanol–water partition coefficient (Wildman–Crippen LogP) is -0.111. The van der Waals surface area contributed by atoms with E-state index in [-0.39, 0.29) is 22.4 Å². The zero-order valence-corrected chi connectivity index (χ0v) is 5.83. The second-order valence-electron chi connectivity index (χ2n) is 1.06. The summed E-state index contributed by atoms with van der Waals surface area (Å²) in [6.07, 6.45) is 0. The summed E-state index contributed by atoms with van der Waals surface area (Å²) in [7, 11) is 0. The zero-order chi connectivity index (χ0) is 4.41. The van der Waals surface area contributed by atoms with E-state index in [1.807, 2.05) is 0 Å². The summed E-state index contributed by atoms with van der Waals surface area (Å²) in [6.45, 7) is 1.61. The van der Waals surface area contributed by atoms with E-state index >= 15 is 0 Å². The van der Waals surface area contributed by atoms with E-state index in [1.165, 1.54) is 0 Å². The molecule has 0 unspecified atom stereocenters. The molecule has 1 radical (unpaired) electrons. The molecule has 4 heteroatoms. The average molecular weight is 211 g/mol. The molecule has 0 bridgehead atoms. The van der Waals surface area contributed by atoms with Gasteiger partial charge in [0.25, 0.3) is 5.17 Å². The van der Waals surface area contributed by atoms with Gasteiger partial charge in [0.1, 0.15) is 6.61 Å². The Labute approximate surface area is 63.1 Å². The van der Waals surface area contributed by atoms with Gasteiger partial charge in [0.2, 0.25) is 0 Å². The SMILES string of the molecule is S=C1NCCO1.[Ag]. The van der Waals surface area contributed by atoms with Gasteiger partial charge in [0.15, 0.2) is 0 Å². The van der Waals surface area contributed by atoms with Gasteiger partial charge in [-0.15, -0.1) is 0 Å². The van der Waals surface area contributed by atoms with E-state index < -0.39 is 0 Å². The molecule has 0 saturated carbocycles. The fourth-order valence-corrected chi connectivity index (χ4v) is 0.533. The van der Waals surface area contributed by atoms with Gasteiger partial charge in [0, 0.05) is 22.4 Å². The van der Waals surface area contributed by atoms with Crippen molar-refractivity contribution in [1.82, 2.24) is 5.32 Å². The first-order valence-corrected chi connectivity index (χ1v) is 2.21. The summed E-state index contributed by atoms with van der Waals surface area (Å²) in [5.74, 6) is 0. The molecule has 45 valence electrons. The van der Waals surface area contributed by atoms with Crippen LogP contribution in [0.15, 0.2) is 0 Å². The first-order chi connectivity index (χ1) is 2.89. The second-order valence-corrected chi connectivity index (χ2v) is 1.43. The van der Waals surface area contributed by atoms with Crippen molar-refractivity contribution in [3.63, 3.8) is 0 Å². The third-order valence-corrected chi connectivity index (χ3v) is 0.867. The molecule has 1 aliphatic heterocycles. The molecule has 0 aromatic carbocycles. The van der Waals surface area contributed by atoms with Crippen LogP contribution in [0.5, 0.6) is 0 Å². The molecular formula is C3H5AgNOS. The van der Waals surface area contributed by atoms with E-state index in [9.17, 15) is 0 Å². The van der Waals surface area contributed by atoms with Crippen LogP contribution in [0, 0.1) is 0 Å². The van der Waals surface area contributed by atoms with Gasteiger partial charge in [-0.25, -0.2) is 0 Å². The van der Waals surface area contributed by atoms with E-state index in [2.05, 4.69) is 17.5 Å². The van der Waals surface area contributed by atoms with Crippen LogP contribution < -0.4 is 5.32 Å². The van der Waals surface area contributed by atoms with Crippen LogP contribution in [0.1, 0.15) is 0 Å². The van der Waals surface area contributed by atoms with Crippen LogP contribution in [-0.2, 0) is 27.1 Å². The summed E-state index contributed by atoms with van der Waals surface area (Å²) < 4.78 is 4.77. The molecule has 0 aliphatic carbocycles. The van der Waals surface area contributed by atoms with E-state index in [0.29, 0.717) is 5.17 Å². The number of rotatable bonds is 0. The maximum absolute atomic E-state index is 4.77. The van der Waals surface area contributed by atoms with Crippen LogP contribution in [0.4, 0.5) is 0 Å². The van der Waals surface area contributed by atoms with Crippen molar-refractivity contribution in [1.29, 1.82) is 0 Å². The van der Waals surface area contributed by atoms with Gasteiger partial charge in [-0.3, -0.25) is 0 Å². The van der Waals surface area contributed by atoms with Gasteiger partial charge in [-0.1, -0.05) is 0 Å². The van der Waals surface area contributed by atoms with Gasteiger partial charge in [0.05, 0.1) is 6.54 Å². The van der Waals surface area contributed by atoms with Crippen LogP contribution >= 0.6 is 12.2 Å². The van der Waals surface area contributed by atoms with Crippen LogP contribution in [-0.4, -0.2) is 18.3 Å². The van der Waals surface area contributed by atoms with Crippen molar-refractivity contribution in [2.45, 2.75) is 0 Å². The summed E-state index contributed by atoms with van der Waals surface area (Å²) in [4.78, 5) is 0. The minimum Gasteiger partial charge on any atom is -0.469 e. The normalized spacial score (nSPS) is 16.9. The topological polar surface area (TPSA) is 21.3 Å². The molecule has 0 atom stereocenters. The molecule has 0 amide bonds. The zero-order valence-electron chi connectivity index (χ0n) is 3.53. The molecule has 0 aromatic heterocycles. The minimum atomic E-state index is 0. The number of hydrogen-bond donors (Lipinski definition) is 1. The van der Waals surface area contributed by atoms with E-state index in [1.54, 1.807) is 0 Å². The van der Waals surface area contributed by atoms with Crippen molar-refractivity contribution >= 4 is 17.4 Å². The third kappa shape index (κ3) is 2.29. The largest absolute Gasteiger partial charge is 0.469 e. The molecule has 1 saturated heterocycles. The Bertz CT molecular complexity index is 69.3. The van der Waals surface area contributed by atoms with Gasteiger partial charge in [-0.05, 0) is 12.2 Å². The Kier molecular flexibility index (Phi) is 3.65. The molecular weight excluding hydrogens is 206 g/mol. The standard InChI is InChI=1S/C3H5NOS.Ag/c6-3-4-1-2-5-3;/h1-2H2,(H,4,6);. The molecule has 7 heavy (non-hydrogen) atoms. The van der Waals surface area contributed by atoms with Crippen LogP contribution in [0.2, 0.25) is 0 Å². The number of nitrogens with one attached hydrogen (secondary N) is 1. The summed E-state index contributed by atoms with van der Waals surface area (Å²) in [5, 5.41) is 3.37. The molecule has 1 N–H and O–H groups in total. The van der Waals surface area contributed by atoms with E-state index in [4.69, 9.17) is 4.74 Å². The molecule has 0 spiro atoms. The van der Waals surface area contributed by atoms with Crippen molar-refractivity contribution < 1.29 is 27.1 Å². The maximum Gasteiger partial charge on any atom is 0.256 e. The Balaban J connectivity index is 0.000000360. The minimum absolute atomic E-state index is 0. The Morgan fingerprint density at radius 3 is 2.57 bits per heavy atom.